The van der Waals surface area contributed by atoms with Crippen molar-refractivity contribution in [2.45, 2.75) is 48.8 Å². The van der Waals surface area contributed by atoms with Gasteiger partial charge in [-0.1, -0.05) is 6.07 Å². The fourth-order valence-electron chi connectivity index (χ4n) is 4.59. The molecule has 1 amide bonds. The summed E-state index contributed by atoms with van der Waals surface area (Å²) >= 11 is 0. The van der Waals surface area contributed by atoms with Crippen LogP contribution in [0.4, 0.5) is 13.2 Å². The zero-order valence-corrected chi connectivity index (χ0v) is 20.3. The lowest BCUT2D eigenvalue weighted by atomic mass is 10.0. The Hall–Kier alpha value is -3.45. The van der Waals surface area contributed by atoms with Gasteiger partial charge in [0.05, 0.1) is 10.5 Å². The molecular formula is C24H23F3N4O5S. The van der Waals surface area contributed by atoms with Crippen molar-refractivity contribution in [2.75, 3.05) is 13.1 Å². The predicted octanol–water partition coefficient (Wildman–Crippen LogP) is 3.51. The summed E-state index contributed by atoms with van der Waals surface area (Å²) in [6, 6.07) is 9.56. The molecule has 2 fully saturated rings. The molecule has 2 aromatic carbocycles. The Kier molecular flexibility index (Phi) is 6.44. The highest BCUT2D eigenvalue weighted by atomic mass is 32.2. The number of benzene rings is 2. The number of halogens is 3. The van der Waals surface area contributed by atoms with E-state index in [-0.39, 0.29) is 22.7 Å². The molecule has 0 atom stereocenters. The van der Waals surface area contributed by atoms with Gasteiger partial charge >= 0.3 is 11.9 Å². The smallest absolute Gasteiger partial charge is 0.388 e. The van der Waals surface area contributed by atoms with Gasteiger partial charge in [-0.05, 0) is 68.1 Å². The number of nitrogens with one attached hydrogen (secondary N) is 1. The molecule has 0 unspecified atom stereocenters. The molecule has 1 N–H and O–H groups in total. The highest BCUT2D eigenvalue weighted by Crippen LogP contribution is 2.38. The number of nitrogens with zero attached hydrogens (tertiary/aromatic N) is 3. The van der Waals surface area contributed by atoms with Gasteiger partial charge in [0.25, 0.3) is 5.91 Å². The predicted molar refractivity (Wildman–Crippen MR) is 125 cm³/mol. The number of sulfonamides is 1. The quantitative estimate of drug-likeness (QED) is 0.516. The normalized spacial score (nSPS) is 17.4. The van der Waals surface area contributed by atoms with Crippen molar-refractivity contribution >= 4 is 15.9 Å². The molecule has 0 bridgehead atoms. The second-order valence-corrected chi connectivity index (χ2v) is 11.0. The SMILES string of the molecule is O=C(c1ccc(-c2n[nH]c(=O)o2)cc1)N1CCC(N(C2CC2)S(=O)(=O)c2cccc(C(F)(F)F)c2)CC1. The van der Waals surface area contributed by atoms with E-state index in [0.29, 0.717) is 56.0 Å². The second kappa shape index (κ2) is 9.45. The van der Waals surface area contributed by atoms with E-state index in [1.165, 1.54) is 10.4 Å². The van der Waals surface area contributed by atoms with Crippen LogP contribution in [0.5, 0.6) is 0 Å². The van der Waals surface area contributed by atoms with Gasteiger partial charge in [0, 0.05) is 36.3 Å². The molecule has 0 radical (unpaired) electrons. The van der Waals surface area contributed by atoms with Gasteiger partial charge in [0.15, 0.2) is 0 Å². The minimum absolute atomic E-state index is 0.104. The molecule has 37 heavy (non-hydrogen) atoms. The maximum Gasteiger partial charge on any atom is 0.434 e. The number of carbonyl (C=O) groups is 1. The molecule has 1 aliphatic carbocycles. The van der Waals surface area contributed by atoms with Crippen LogP contribution in [0.3, 0.4) is 0 Å². The monoisotopic (exact) mass is 536 g/mol. The highest BCUT2D eigenvalue weighted by Gasteiger charge is 2.44. The molecule has 9 nitrogen and oxygen atoms in total. The van der Waals surface area contributed by atoms with Crippen LogP contribution in [0.15, 0.2) is 62.6 Å². The number of aromatic nitrogens is 2. The fraction of sp³-hybridized carbons (Fsp3) is 0.375. The van der Waals surface area contributed by atoms with Crippen LogP contribution >= 0.6 is 0 Å². The minimum Gasteiger partial charge on any atom is -0.388 e. The maximum atomic E-state index is 13.4. The van der Waals surface area contributed by atoms with E-state index in [4.69, 9.17) is 4.42 Å². The molecule has 3 aromatic rings. The van der Waals surface area contributed by atoms with Crippen molar-refractivity contribution in [3.8, 4) is 11.5 Å². The van der Waals surface area contributed by atoms with Gasteiger partial charge < -0.3 is 9.32 Å². The van der Waals surface area contributed by atoms with Crippen LogP contribution in [0, 0.1) is 0 Å². The third-order valence-electron chi connectivity index (χ3n) is 6.57. The molecule has 196 valence electrons. The first-order valence-corrected chi connectivity index (χ1v) is 13.1. The van der Waals surface area contributed by atoms with Crippen LogP contribution in [0.1, 0.15) is 41.6 Å². The summed E-state index contributed by atoms with van der Waals surface area (Å²) in [5.41, 5.74) is -0.0746. The first kappa shape index (κ1) is 25.2. The topological polar surface area (TPSA) is 117 Å². The summed E-state index contributed by atoms with van der Waals surface area (Å²) in [5.74, 6) is -0.813. The van der Waals surface area contributed by atoms with E-state index >= 15 is 0 Å². The number of H-pyrrole nitrogens is 1. The molecule has 1 aliphatic heterocycles. The Labute approximate surface area is 209 Å². The van der Waals surface area contributed by atoms with Crippen LogP contribution in [0.2, 0.25) is 0 Å². The number of hydrogen-bond acceptors (Lipinski definition) is 6. The molecule has 13 heteroatoms. The van der Waals surface area contributed by atoms with E-state index in [0.717, 1.165) is 12.1 Å². The van der Waals surface area contributed by atoms with Gasteiger partial charge in [-0.2, -0.15) is 17.5 Å². The Balaban J connectivity index is 1.28. The molecular weight excluding hydrogens is 513 g/mol. The summed E-state index contributed by atoms with van der Waals surface area (Å²) in [4.78, 5) is 25.4. The van der Waals surface area contributed by atoms with Gasteiger partial charge in [-0.15, -0.1) is 5.10 Å². The number of piperidine rings is 1. The standard InChI is InChI=1S/C24H23F3N4O5S/c25-24(26,27)17-2-1-3-20(14-17)37(34,35)31(18-8-9-18)19-10-12-30(13-11-19)22(32)16-6-4-15(5-7-16)21-28-29-23(33)36-21/h1-7,14,18-19H,8-13H2,(H,29,33). The Morgan fingerprint density at radius 3 is 2.24 bits per heavy atom. The van der Waals surface area contributed by atoms with Crippen molar-refractivity contribution in [3.63, 3.8) is 0 Å². The van der Waals surface area contributed by atoms with Crippen molar-refractivity contribution in [2.24, 2.45) is 0 Å². The number of rotatable bonds is 6. The molecule has 2 aliphatic rings. The number of alkyl halides is 3. The minimum atomic E-state index is -4.65. The molecule has 1 saturated heterocycles. The Bertz CT molecular complexity index is 1450. The van der Waals surface area contributed by atoms with E-state index in [1.807, 2.05) is 0 Å². The molecule has 0 spiro atoms. The first-order chi connectivity index (χ1) is 17.5. The van der Waals surface area contributed by atoms with E-state index in [1.54, 1.807) is 29.2 Å². The summed E-state index contributed by atoms with van der Waals surface area (Å²) in [5, 5.41) is 5.91. The number of carbonyl (C=O) groups excluding carboxylic acids is 1. The number of aromatic amines is 1. The van der Waals surface area contributed by atoms with Gasteiger partial charge in [0.2, 0.25) is 15.9 Å². The summed E-state index contributed by atoms with van der Waals surface area (Å²) in [6.45, 7) is 0.613. The van der Waals surface area contributed by atoms with E-state index in [2.05, 4.69) is 10.2 Å². The van der Waals surface area contributed by atoms with E-state index in [9.17, 15) is 31.2 Å². The average molecular weight is 537 g/mol. The largest absolute Gasteiger partial charge is 0.434 e. The molecule has 1 aromatic heterocycles. The third-order valence-corrected chi connectivity index (χ3v) is 8.57. The van der Waals surface area contributed by atoms with Gasteiger partial charge in [-0.25, -0.2) is 18.3 Å². The zero-order valence-electron chi connectivity index (χ0n) is 19.4. The van der Waals surface area contributed by atoms with Crippen LogP contribution in [0.25, 0.3) is 11.5 Å². The van der Waals surface area contributed by atoms with Crippen LogP contribution in [-0.2, 0) is 16.2 Å². The fourth-order valence-corrected chi connectivity index (χ4v) is 6.57. The lowest BCUT2D eigenvalue weighted by Crippen LogP contribution is -2.49. The second-order valence-electron chi connectivity index (χ2n) is 9.11. The summed E-state index contributed by atoms with van der Waals surface area (Å²) in [7, 11) is -4.15. The maximum absolute atomic E-state index is 13.4. The van der Waals surface area contributed by atoms with Crippen molar-refractivity contribution in [1.29, 1.82) is 0 Å². The van der Waals surface area contributed by atoms with Gasteiger partial charge in [-0.3, -0.25) is 4.79 Å². The lowest BCUT2D eigenvalue weighted by molar-refractivity contribution is -0.137. The number of amides is 1. The summed E-state index contributed by atoms with van der Waals surface area (Å²) in [6.07, 6.45) is -2.60. The van der Waals surface area contributed by atoms with E-state index < -0.39 is 33.6 Å². The third kappa shape index (κ3) is 5.18. The van der Waals surface area contributed by atoms with Crippen LogP contribution in [-0.4, -0.2) is 58.9 Å². The molecule has 2 heterocycles. The number of hydrogen-bond donors (Lipinski definition) is 1. The average Bonchev–Trinajstić information content (AvgIpc) is 3.61. The number of likely N-dealkylation sites (tertiary alicyclic amines) is 1. The van der Waals surface area contributed by atoms with Crippen molar-refractivity contribution in [1.82, 2.24) is 19.4 Å². The highest BCUT2D eigenvalue weighted by molar-refractivity contribution is 7.89. The molecule has 5 rings (SSSR count). The molecule has 1 saturated carbocycles. The lowest BCUT2D eigenvalue weighted by Gasteiger charge is -2.38. The van der Waals surface area contributed by atoms with Crippen LogP contribution < -0.4 is 5.76 Å². The van der Waals surface area contributed by atoms with Crippen molar-refractivity contribution in [3.05, 3.63) is 70.2 Å². The summed E-state index contributed by atoms with van der Waals surface area (Å²) < 4.78 is 72.7. The first-order valence-electron chi connectivity index (χ1n) is 11.7. The Morgan fingerprint density at radius 2 is 1.68 bits per heavy atom. The van der Waals surface area contributed by atoms with Gasteiger partial charge in [0.1, 0.15) is 0 Å². The zero-order chi connectivity index (χ0) is 26.4. The Morgan fingerprint density at radius 1 is 1.03 bits per heavy atom. The van der Waals surface area contributed by atoms with Crippen molar-refractivity contribution < 1.29 is 30.8 Å².